The van der Waals surface area contributed by atoms with Gasteiger partial charge in [0.2, 0.25) is 0 Å². The van der Waals surface area contributed by atoms with Crippen LogP contribution in [-0.2, 0) is 28.6 Å². The molecular weight excluding hydrogens is 817 g/mol. The van der Waals surface area contributed by atoms with Crippen molar-refractivity contribution in [3.05, 3.63) is 0 Å². The SMILES string of the molecule is CC(C)CCCCCCCCCCCCCCCCCC(=O)OC[C@H](COC(=O)CCCCCCCCCCCCCCC(C)C)OC(=O)CCCCCCCCCCCCCCC(C)C. The van der Waals surface area contributed by atoms with Crippen LogP contribution in [0.15, 0.2) is 0 Å². The number of rotatable bonds is 53. The molecule has 0 aromatic rings. The first-order valence-corrected chi connectivity index (χ1v) is 29.6. The van der Waals surface area contributed by atoms with E-state index >= 15 is 0 Å². The first-order valence-electron chi connectivity index (χ1n) is 29.6. The van der Waals surface area contributed by atoms with Gasteiger partial charge >= 0.3 is 17.9 Å². The van der Waals surface area contributed by atoms with Crippen molar-refractivity contribution in [2.75, 3.05) is 13.2 Å². The van der Waals surface area contributed by atoms with Crippen molar-refractivity contribution in [1.82, 2.24) is 0 Å². The molecule has 0 unspecified atom stereocenters. The fourth-order valence-electron chi connectivity index (χ4n) is 9.18. The molecule has 392 valence electrons. The largest absolute Gasteiger partial charge is 0.462 e. The van der Waals surface area contributed by atoms with Gasteiger partial charge in [0, 0.05) is 19.3 Å². The molecule has 0 saturated heterocycles. The van der Waals surface area contributed by atoms with Gasteiger partial charge in [-0.05, 0) is 37.0 Å². The maximum Gasteiger partial charge on any atom is 0.306 e. The third-order valence-corrected chi connectivity index (χ3v) is 13.6. The van der Waals surface area contributed by atoms with Crippen LogP contribution in [0.5, 0.6) is 0 Å². The minimum absolute atomic E-state index is 0.0633. The fourth-order valence-corrected chi connectivity index (χ4v) is 9.18. The second-order valence-corrected chi connectivity index (χ2v) is 22.1. The van der Waals surface area contributed by atoms with E-state index in [1.54, 1.807) is 0 Å². The number of hydrogen-bond donors (Lipinski definition) is 0. The van der Waals surface area contributed by atoms with E-state index < -0.39 is 6.10 Å². The lowest BCUT2D eigenvalue weighted by Gasteiger charge is -2.18. The molecule has 0 aromatic carbocycles. The smallest absolute Gasteiger partial charge is 0.306 e. The van der Waals surface area contributed by atoms with Gasteiger partial charge in [-0.3, -0.25) is 14.4 Å². The van der Waals surface area contributed by atoms with Crippen LogP contribution in [0.4, 0.5) is 0 Å². The van der Waals surface area contributed by atoms with E-state index in [1.165, 1.54) is 212 Å². The Kier molecular flexibility index (Phi) is 50.0. The van der Waals surface area contributed by atoms with Gasteiger partial charge in [-0.25, -0.2) is 0 Å². The Morgan fingerprint density at radius 2 is 0.439 bits per heavy atom. The van der Waals surface area contributed by atoms with Gasteiger partial charge in [-0.2, -0.15) is 0 Å². The van der Waals surface area contributed by atoms with Crippen LogP contribution in [0.2, 0.25) is 0 Å². The maximum absolute atomic E-state index is 12.9. The summed E-state index contributed by atoms with van der Waals surface area (Å²) in [5.74, 6) is 1.67. The Balaban J connectivity index is 4.30. The Morgan fingerprint density at radius 1 is 0.258 bits per heavy atom. The predicted molar refractivity (Wildman–Crippen MR) is 284 cm³/mol. The average Bonchev–Trinajstić information content (AvgIpc) is 3.28. The van der Waals surface area contributed by atoms with Crippen LogP contribution in [0.1, 0.15) is 330 Å². The highest BCUT2D eigenvalue weighted by atomic mass is 16.6. The predicted octanol–water partition coefficient (Wildman–Crippen LogP) is 19.5. The molecule has 0 fully saturated rings. The van der Waals surface area contributed by atoms with Gasteiger partial charge in [0.15, 0.2) is 6.10 Å². The second kappa shape index (κ2) is 51.3. The summed E-state index contributed by atoms with van der Waals surface area (Å²) in [6.45, 7) is 13.8. The van der Waals surface area contributed by atoms with Crippen LogP contribution < -0.4 is 0 Å². The third-order valence-electron chi connectivity index (χ3n) is 13.6. The molecule has 6 nitrogen and oxygen atoms in total. The molecule has 0 aliphatic heterocycles. The van der Waals surface area contributed by atoms with Crippen molar-refractivity contribution in [3.63, 3.8) is 0 Å². The highest BCUT2D eigenvalue weighted by molar-refractivity contribution is 5.71. The first-order chi connectivity index (χ1) is 32.1. The molecule has 0 aliphatic carbocycles. The van der Waals surface area contributed by atoms with Gasteiger partial charge in [-0.1, -0.05) is 292 Å². The second-order valence-electron chi connectivity index (χ2n) is 22.1. The van der Waals surface area contributed by atoms with Gasteiger partial charge in [0.25, 0.3) is 0 Å². The Bertz CT molecular complexity index is 1020. The normalized spacial score (nSPS) is 12.1. The van der Waals surface area contributed by atoms with Crippen molar-refractivity contribution in [2.45, 2.75) is 337 Å². The van der Waals surface area contributed by atoms with Crippen LogP contribution in [0.3, 0.4) is 0 Å². The lowest BCUT2D eigenvalue weighted by atomic mass is 10.0. The fraction of sp³-hybridized carbons (Fsp3) is 0.950. The summed E-state index contributed by atoms with van der Waals surface area (Å²) in [6.07, 6.45) is 53.8. The van der Waals surface area contributed by atoms with E-state index in [2.05, 4.69) is 41.5 Å². The molecule has 0 N–H and O–H groups in total. The van der Waals surface area contributed by atoms with Crippen LogP contribution in [0.25, 0.3) is 0 Å². The number of carbonyl (C=O) groups is 3. The first kappa shape index (κ1) is 64.4. The van der Waals surface area contributed by atoms with E-state index in [0.29, 0.717) is 19.3 Å². The molecule has 0 bridgehead atoms. The quantitative estimate of drug-likeness (QED) is 0.0343. The minimum Gasteiger partial charge on any atom is -0.462 e. The minimum atomic E-state index is -0.764. The summed E-state index contributed by atoms with van der Waals surface area (Å²) in [6, 6.07) is 0. The summed E-state index contributed by atoms with van der Waals surface area (Å²) in [4.78, 5) is 38.2. The van der Waals surface area contributed by atoms with Gasteiger partial charge in [-0.15, -0.1) is 0 Å². The lowest BCUT2D eigenvalue weighted by Crippen LogP contribution is -2.30. The molecular formula is C60H116O6. The standard InChI is InChI=1S/C60H116O6/c1-54(2)46-40-34-28-22-16-10-8-7-9-11-19-25-31-37-43-49-58(61)64-52-57(66-60(63)51-45-39-33-27-21-15-13-18-24-30-36-42-48-56(5)6)53-65-59(62)50-44-38-32-26-20-14-12-17-23-29-35-41-47-55(3)4/h54-57H,7-53H2,1-6H3/t57-/m1/s1. The van der Waals surface area contributed by atoms with Crippen molar-refractivity contribution in [2.24, 2.45) is 17.8 Å². The molecule has 0 heterocycles. The summed E-state index contributed by atoms with van der Waals surface area (Å²) in [7, 11) is 0. The van der Waals surface area contributed by atoms with Gasteiger partial charge in [0.1, 0.15) is 13.2 Å². The molecule has 6 heteroatoms. The van der Waals surface area contributed by atoms with Crippen LogP contribution >= 0.6 is 0 Å². The summed E-state index contributed by atoms with van der Waals surface area (Å²) < 4.78 is 16.9. The highest BCUT2D eigenvalue weighted by Gasteiger charge is 2.19. The molecule has 1 atom stereocenters. The van der Waals surface area contributed by atoms with Crippen molar-refractivity contribution in [1.29, 1.82) is 0 Å². The lowest BCUT2D eigenvalue weighted by molar-refractivity contribution is -0.167. The van der Waals surface area contributed by atoms with Crippen molar-refractivity contribution >= 4 is 17.9 Å². The third kappa shape index (κ3) is 53.4. The Morgan fingerprint density at radius 3 is 0.652 bits per heavy atom. The molecule has 0 spiro atoms. The molecule has 0 saturated carbocycles. The molecule has 0 aromatic heterocycles. The summed E-state index contributed by atoms with van der Waals surface area (Å²) in [5, 5.41) is 0. The number of esters is 3. The summed E-state index contributed by atoms with van der Waals surface area (Å²) in [5.41, 5.74) is 0. The Hall–Kier alpha value is -1.59. The van der Waals surface area contributed by atoms with E-state index in [9.17, 15) is 14.4 Å². The molecule has 0 rings (SSSR count). The molecule has 0 aliphatic rings. The van der Waals surface area contributed by atoms with Crippen molar-refractivity contribution < 1.29 is 28.6 Å². The summed E-state index contributed by atoms with van der Waals surface area (Å²) >= 11 is 0. The zero-order valence-electron chi connectivity index (χ0n) is 45.5. The van der Waals surface area contributed by atoms with Crippen LogP contribution in [0, 0.1) is 17.8 Å². The van der Waals surface area contributed by atoms with E-state index in [0.717, 1.165) is 75.5 Å². The van der Waals surface area contributed by atoms with Crippen molar-refractivity contribution in [3.8, 4) is 0 Å². The molecule has 0 amide bonds. The number of ether oxygens (including phenoxy) is 3. The van der Waals surface area contributed by atoms with E-state index in [-0.39, 0.29) is 31.1 Å². The monoisotopic (exact) mass is 933 g/mol. The Labute approximate surface area is 412 Å². The number of unbranched alkanes of at least 4 members (excludes halogenated alkanes) is 36. The molecule has 0 radical (unpaired) electrons. The van der Waals surface area contributed by atoms with E-state index in [1.807, 2.05) is 0 Å². The van der Waals surface area contributed by atoms with Gasteiger partial charge in [0.05, 0.1) is 0 Å². The number of carbonyl (C=O) groups excluding carboxylic acids is 3. The zero-order valence-corrected chi connectivity index (χ0v) is 45.5. The topological polar surface area (TPSA) is 78.9 Å². The maximum atomic E-state index is 12.9. The average molecular weight is 934 g/mol. The van der Waals surface area contributed by atoms with E-state index in [4.69, 9.17) is 14.2 Å². The number of hydrogen-bond acceptors (Lipinski definition) is 6. The molecule has 66 heavy (non-hydrogen) atoms. The zero-order chi connectivity index (χ0) is 48.4. The highest BCUT2D eigenvalue weighted by Crippen LogP contribution is 2.19. The van der Waals surface area contributed by atoms with Crippen LogP contribution in [-0.4, -0.2) is 37.2 Å². The van der Waals surface area contributed by atoms with Gasteiger partial charge < -0.3 is 14.2 Å².